The molecular formula is C23H31N5O3. The minimum absolute atomic E-state index is 0.136. The zero-order valence-corrected chi connectivity index (χ0v) is 18.4. The summed E-state index contributed by atoms with van der Waals surface area (Å²) in [6.45, 7) is 5.65. The number of hydrogen-bond acceptors (Lipinski definition) is 6. The van der Waals surface area contributed by atoms with Crippen molar-refractivity contribution in [2.24, 2.45) is 0 Å². The van der Waals surface area contributed by atoms with E-state index in [-0.39, 0.29) is 18.2 Å². The van der Waals surface area contributed by atoms with E-state index in [1.807, 2.05) is 36.4 Å². The molecule has 0 aliphatic carbocycles. The van der Waals surface area contributed by atoms with Crippen molar-refractivity contribution >= 4 is 17.6 Å². The molecule has 0 bridgehead atoms. The molecule has 0 saturated carbocycles. The molecule has 1 aromatic heterocycles. The first-order chi connectivity index (χ1) is 15.0. The van der Waals surface area contributed by atoms with E-state index in [2.05, 4.69) is 32.5 Å². The van der Waals surface area contributed by atoms with Crippen molar-refractivity contribution in [2.75, 3.05) is 45.2 Å². The SMILES string of the molecule is COc1ccc(C(CC(=O)NCc2cccnc2N2CCN(C)CC2)NC(C)=O)cc1. The number of aromatic nitrogens is 1. The molecule has 166 valence electrons. The van der Waals surface area contributed by atoms with Crippen LogP contribution < -0.4 is 20.3 Å². The van der Waals surface area contributed by atoms with Gasteiger partial charge in [-0.15, -0.1) is 0 Å². The van der Waals surface area contributed by atoms with Crippen LogP contribution >= 0.6 is 0 Å². The van der Waals surface area contributed by atoms with E-state index < -0.39 is 6.04 Å². The number of nitrogens with zero attached hydrogens (tertiary/aromatic N) is 3. The Labute approximate surface area is 183 Å². The molecule has 0 radical (unpaired) electrons. The molecule has 2 amide bonds. The zero-order chi connectivity index (χ0) is 22.2. The van der Waals surface area contributed by atoms with Gasteiger partial charge in [0.2, 0.25) is 11.8 Å². The van der Waals surface area contributed by atoms with Crippen LogP contribution in [0.15, 0.2) is 42.6 Å². The first kappa shape index (κ1) is 22.6. The minimum atomic E-state index is -0.408. The van der Waals surface area contributed by atoms with E-state index in [9.17, 15) is 9.59 Å². The highest BCUT2D eigenvalue weighted by Gasteiger charge is 2.20. The monoisotopic (exact) mass is 425 g/mol. The number of ether oxygens (including phenoxy) is 1. The van der Waals surface area contributed by atoms with E-state index in [1.165, 1.54) is 6.92 Å². The molecule has 1 aromatic carbocycles. The summed E-state index contributed by atoms with van der Waals surface area (Å²) in [7, 11) is 3.72. The van der Waals surface area contributed by atoms with Crippen molar-refractivity contribution in [3.05, 3.63) is 53.7 Å². The number of hydrogen-bond donors (Lipinski definition) is 2. The predicted molar refractivity (Wildman–Crippen MR) is 120 cm³/mol. The highest BCUT2D eigenvalue weighted by atomic mass is 16.5. The molecule has 2 heterocycles. The second-order valence-electron chi connectivity index (χ2n) is 7.78. The number of piperazine rings is 1. The number of carbonyl (C=O) groups excluding carboxylic acids is 2. The fourth-order valence-corrected chi connectivity index (χ4v) is 3.66. The van der Waals surface area contributed by atoms with Gasteiger partial charge in [0.15, 0.2) is 0 Å². The fourth-order valence-electron chi connectivity index (χ4n) is 3.66. The highest BCUT2D eigenvalue weighted by molar-refractivity contribution is 5.79. The maximum Gasteiger partial charge on any atom is 0.222 e. The number of nitrogens with one attached hydrogen (secondary N) is 2. The first-order valence-electron chi connectivity index (χ1n) is 10.5. The standard InChI is InChI=1S/C23H31N5O3/c1-17(29)26-21(18-6-8-20(31-3)9-7-18)15-22(30)25-16-19-5-4-10-24-23(19)28-13-11-27(2)12-14-28/h4-10,21H,11-16H2,1-3H3,(H,25,30)(H,26,29). The van der Waals surface area contributed by atoms with Crippen molar-refractivity contribution in [3.8, 4) is 5.75 Å². The number of methoxy groups -OCH3 is 1. The molecule has 1 aliphatic rings. The second-order valence-corrected chi connectivity index (χ2v) is 7.78. The quantitative estimate of drug-likeness (QED) is 0.670. The van der Waals surface area contributed by atoms with E-state index in [0.29, 0.717) is 6.54 Å². The molecule has 1 saturated heterocycles. The molecule has 1 unspecified atom stereocenters. The van der Waals surface area contributed by atoms with Crippen molar-refractivity contribution in [1.82, 2.24) is 20.5 Å². The molecule has 1 atom stereocenters. The van der Waals surface area contributed by atoms with E-state index in [0.717, 1.165) is 48.9 Å². The minimum Gasteiger partial charge on any atom is -0.497 e. The van der Waals surface area contributed by atoms with Gasteiger partial charge in [-0.25, -0.2) is 4.98 Å². The lowest BCUT2D eigenvalue weighted by molar-refractivity contribution is -0.122. The molecule has 1 aliphatic heterocycles. The molecule has 2 aromatic rings. The lowest BCUT2D eigenvalue weighted by Crippen LogP contribution is -2.45. The van der Waals surface area contributed by atoms with Crippen LogP contribution in [0.2, 0.25) is 0 Å². The Morgan fingerprint density at radius 2 is 1.84 bits per heavy atom. The van der Waals surface area contributed by atoms with Crippen LogP contribution in [0, 0.1) is 0 Å². The number of carbonyl (C=O) groups is 2. The topological polar surface area (TPSA) is 86.8 Å². The maximum absolute atomic E-state index is 12.7. The van der Waals surface area contributed by atoms with Crippen LogP contribution in [0.1, 0.15) is 30.5 Å². The summed E-state index contributed by atoms with van der Waals surface area (Å²) in [5.41, 5.74) is 1.84. The molecule has 0 spiro atoms. The van der Waals surface area contributed by atoms with Crippen LogP contribution in [0.3, 0.4) is 0 Å². The first-order valence-corrected chi connectivity index (χ1v) is 10.5. The van der Waals surface area contributed by atoms with Crippen molar-refractivity contribution in [2.45, 2.75) is 25.9 Å². The third kappa shape index (κ3) is 6.42. The average Bonchev–Trinajstić information content (AvgIpc) is 2.78. The average molecular weight is 426 g/mol. The van der Waals surface area contributed by atoms with Gasteiger partial charge in [0.25, 0.3) is 0 Å². The van der Waals surface area contributed by atoms with Crippen LogP contribution in [0.25, 0.3) is 0 Å². The van der Waals surface area contributed by atoms with Gasteiger partial charge in [-0.3, -0.25) is 9.59 Å². The summed E-state index contributed by atoms with van der Waals surface area (Å²) in [6.07, 6.45) is 1.94. The predicted octanol–water partition coefficient (Wildman–Crippen LogP) is 1.73. The Bertz CT molecular complexity index is 879. The largest absolute Gasteiger partial charge is 0.497 e. The smallest absolute Gasteiger partial charge is 0.222 e. The van der Waals surface area contributed by atoms with Crippen LogP contribution in [0.4, 0.5) is 5.82 Å². The van der Waals surface area contributed by atoms with E-state index >= 15 is 0 Å². The van der Waals surface area contributed by atoms with Crippen LogP contribution in [-0.4, -0.2) is 62.0 Å². The number of likely N-dealkylation sites (N-methyl/N-ethyl adjacent to an activating group) is 1. The molecule has 31 heavy (non-hydrogen) atoms. The summed E-state index contributed by atoms with van der Waals surface area (Å²) in [4.78, 5) is 33.5. The van der Waals surface area contributed by atoms with Gasteiger partial charge in [0, 0.05) is 51.4 Å². The van der Waals surface area contributed by atoms with Gasteiger partial charge >= 0.3 is 0 Å². The summed E-state index contributed by atoms with van der Waals surface area (Å²) >= 11 is 0. The molecule has 8 nitrogen and oxygen atoms in total. The van der Waals surface area contributed by atoms with Crippen molar-refractivity contribution < 1.29 is 14.3 Å². The lowest BCUT2D eigenvalue weighted by atomic mass is 10.0. The van der Waals surface area contributed by atoms with Gasteiger partial charge in [-0.2, -0.15) is 0 Å². The second kappa shape index (κ2) is 10.8. The number of anilines is 1. The zero-order valence-electron chi connectivity index (χ0n) is 18.4. The highest BCUT2D eigenvalue weighted by Crippen LogP contribution is 2.21. The van der Waals surface area contributed by atoms with Gasteiger partial charge < -0.3 is 25.2 Å². The number of benzene rings is 1. The Balaban J connectivity index is 1.63. The molecule has 2 N–H and O–H groups in total. The van der Waals surface area contributed by atoms with Gasteiger partial charge in [-0.05, 0) is 30.8 Å². The molecule has 1 fully saturated rings. The summed E-state index contributed by atoms with van der Waals surface area (Å²) in [6, 6.07) is 10.8. The summed E-state index contributed by atoms with van der Waals surface area (Å²) in [5, 5.41) is 5.86. The van der Waals surface area contributed by atoms with Crippen molar-refractivity contribution in [1.29, 1.82) is 0 Å². The van der Waals surface area contributed by atoms with Crippen LogP contribution in [0.5, 0.6) is 5.75 Å². The van der Waals surface area contributed by atoms with Crippen molar-refractivity contribution in [3.63, 3.8) is 0 Å². The Morgan fingerprint density at radius 1 is 1.13 bits per heavy atom. The molecule has 3 rings (SSSR count). The number of amides is 2. The van der Waals surface area contributed by atoms with Crippen LogP contribution in [-0.2, 0) is 16.1 Å². The van der Waals surface area contributed by atoms with Gasteiger partial charge in [0.05, 0.1) is 19.6 Å². The fraction of sp³-hybridized carbons (Fsp3) is 0.435. The third-order valence-corrected chi connectivity index (χ3v) is 5.43. The Kier molecular flexibility index (Phi) is 7.83. The molecule has 8 heteroatoms. The normalized spacial score (nSPS) is 15.3. The van der Waals surface area contributed by atoms with E-state index in [4.69, 9.17) is 4.74 Å². The molecular weight excluding hydrogens is 394 g/mol. The summed E-state index contributed by atoms with van der Waals surface area (Å²) < 4.78 is 5.19. The maximum atomic E-state index is 12.7. The number of rotatable bonds is 8. The number of pyridine rings is 1. The Morgan fingerprint density at radius 3 is 2.48 bits per heavy atom. The third-order valence-electron chi connectivity index (χ3n) is 5.43. The summed E-state index contributed by atoms with van der Waals surface area (Å²) in [5.74, 6) is 1.33. The lowest BCUT2D eigenvalue weighted by Gasteiger charge is -2.34. The van der Waals surface area contributed by atoms with E-state index in [1.54, 1.807) is 13.3 Å². The van der Waals surface area contributed by atoms with Gasteiger partial charge in [-0.1, -0.05) is 18.2 Å². The Hall–Kier alpha value is -3.13. The van der Waals surface area contributed by atoms with Gasteiger partial charge in [0.1, 0.15) is 11.6 Å².